The highest BCUT2D eigenvalue weighted by Gasteiger charge is 2.29. The van der Waals surface area contributed by atoms with Gasteiger partial charge in [-0.25, -0.2) is 0 Å². The van der Waals surface area contributed by atoms with Crippen LogP contribution < -0.4 is 0 Å². The Balaban J connectivity index is 1.50. The van der Waals surface area contributed by atoms with E-state index in [0.717, 1.165) is 36.4 Å². The monoisotopic (exact) mass is 310 g/mol. The summed E-state index contributed by atoms with van der Waals surface area (Å²) in [6.45, 7) is 3.55. The third-order valence-corrected chi connectivity index (χ3v) is 4.19. The Hall–Kier alpha value is -2.47. The van der Waals surface area contributed by atoms with E-state index >= 15 is 0 Å². The number of likely N-dealkylation sites (tertiary alicyclic amines) is 1. The fraction of sp³-hybridized carbons (Fsp3) is 0.353. The van der Waals surface area contributed by atoms with E-state index in [1.807, 2.05) is 43.3 Å². The highest BCUT2D eigenvalue weighted by Crippen LogP contribution is 2.32. The lowest BCUT2D eigenvalue weighted by atomic mass is 10.1. The maximum atomic E-state index is 5.42. The van der Waals surface area contributed by atoms with E-state index in [2.05, 4.69) is 20.2 Å². The van der Waals surface area contributed by atoms with Crippen molar-refractivity contribution in [2.75, 3.05) is 6.54 Å². The summed E-state index contributed by atoms with van der Waals surface area (Å²) in [4.78, 5) is 6.83. The Morgan fingerprint density at radius 3 is 2.83 bits per heavy atom. The van der Waals surface area contributed by atoms with Crippen LogP contribution in [0.15, 0.2) is 45.4 Å². The molecule has 0 aliphatic carbocycles. The summed E-state index contributed by atoms with van der Waals surface area (Å²) in [6, 6.07) is 12.1. The second-order valence-corrected chi connectivity index (χ2v) is 5.87. The lowest BCUT2D eigenvalue weighted by molar-refractivity contribution is 0.205. The third-order valence-electron chi connectivity index (χ3n) is 4.19. The number of hydrogen-bond acceptors (Lipinski definition) is 6. The lowest BCUT2D eigenvalue weighted by Gasteiger charge is -2.20. The smallest absolute Gasteiger partial charge is 0.241 e. The summed E-state index contributed by atoms with van der Waals surface area (Å²) in [5, 5.41) is 8.24. The molecule has 6 nitrogen and oxygen atoms in total. The molecule has 0 N–H and O–H groups in total. The van der Waals surface area contributed by atoms with Crippen LogP contribution in [-0.4, -0.2) is 26.7 Å². The molecule has 0 spiro atoms. The van der Waals surface area contributed by atoms with Crippen molar-refractivity contribution in [2.24, 2.45) is 0 Å². The quantitative estimate of drug-likeness (QED) is 0.736. The highest BCUT2D eigenvalue weighted by molar-refractivity contribution is 5.53. The number of hydrogen-bond donors (Lipinski definition) is 0. The van der Waals surface area contributed by atoms with Gasteiger partial charge in [-0.3, -0.25) is 4.90 Å². The number of rotatable bonds is 4. The fourth-order valence-corrected chi connectivity index (χ4v) is 3.09. The standard InChI is InChI=1S/C17H18N4O2/c1-12-10-14(19-22-12)15-8-5-9-21(15)11-16-18-17(20-23-16)13-6-3-2-4-7-13/h2-4,6-7,10,15H,5,8-9,11H2,1H3. The lowest BCUT2D eigenvalue weighted by Crippen LogP contribution is -2.23. The summed E-state index contributed by atoms with van der Waals surface area (Å²) in [7, 11) is 0. The van der Waals surface area contributed by atoms with Gasteiger partial charge in [0.25, 0.3) is 0 Å². The first-order valence-corrected chi connectivity index (χ1v) is 7.85. The first-order chi connectivity index (χ1) is 11.3. The molecule has 0 radical (unpaired) electrons. The van der Waals surface area contributed by atoms with Crippen molar-refractivity contribution in [2.45, 2.75) is 32.4 Å². The Kier molecular flexibility index (Phi) is 3.67. The van der Waals surface area contributed by atoms with Gasteiger partial charge in [-0.2, -0.15) is 4.98 Å². The molecule has 118 valence electrons. The zero-order chi connectivity index (χ0) is 15.6. The van der Waals surface area contributed by atoms with Crippen LogP contribution in [0.2, 0.25) is 0 Å². The first kappa shape index (κ1) is 14.1. The second-order valence-electron chi connectivity index (χ2n) is 5.87. The predicted molar refractivity (Wildman–Crippen MR) is 83.4 cm³/mol. The van der Waals surface area contributed by atoms with E-state index in [4.69, 9.17) is 9.05 Å². The minimum Gasteiger partial charge on any atom is -0.361 e. The Morgan fingerprint density at radius 2 is 2.04 bits per heavy atom. The molecule has 1 aromatic carbocycles. The SMILES string of the molecule is Cc1cc(C2CCCN2Cc2nc(-c3ccccc3)no2)no1. The minimum absolute atomic E-state index is 0.263. The van der Waals surface area contributed by atoms with E-state index in [0.29, 0.717) is 18.3 Å². The van der Waals surface area contributed by atoms with Crippen molar-refractivity contribution in [1.82, 2.24) is 20.2 Å². The third kappa shape index (κ3) is 2.90. The molecule has 0 saturated carbocycles. The van der Waals surface area contributed by atoms with Gasteiger partial charge in [-0.15, -0.1) is 0 Å². The minimum atomic E-state index is 0.263. The topological polar surface area (TPSA) is 68.2 Å². The Labute approximate surface area is 134 Å². The molecule has 1 aliphatic rings. The Bertz CT molecular complexity index is 781. The number of nitrogens with zero attached hydrogens (tertiary/aromatic N) is 4. The summed E-state index contributed by atoms with van der Waals surface area (Å²) in [6.07, 6.45) is 2.21. The molecule has 0 bridgehead atoms. The van der Waals surface area contributed by atoms with Crippen LogP contribution in [0.25, 0.3) is 11.4 Å². The van der Waals surface area contributed by atoms with Crippen LogP contribution in [0.1, 0.15) is 36.2 Å². The van der Waals surface area contributed by atoms with Crippen molar-refractivity contribution < 1.29 is 9.05 Å². The first-order valence-electron chi connectivity index (χ1n) is 7.85. The normalized spacial score (nSPS) is 18.6. The van der Waals surface area contributed by atoms with Gasteiger partial charge in [-0.1, -0.05) is 40.6 Å². The van der Waals surface area contributed by atoms with E-state index in [9.17, 15) is 0 Å². The van der Waals surface area contributed by atoms with Crippen LogP contribution in [0.3, 0.4) is 0 Å². The molecule has 1 aliphatic heterocycles. The summed E-state index contributed by atoms with van der Waals surface area (Å²) in [5.41, 5.74) is 1.95. The molecule has 1 fully saturated rings. The maximum absolute atomic E-state index is 5.42. The van der Waals surface area contributed by atoms with Gasteiger partial charge in [0, 0.05) is 11.6 Å². The molecule has 3 heterocycles. The molecule has 0 amide bonds. The van der Waals surface area contributed by atoms with Crippen LogP contribution >= 0.6 is 0 Å². The second kappa shape index (κ2) is 5.96. The molecule has 3 aromatic rings. The van der Waals surface area contributed by atoms with Crippen LogP contribution in [-0.2, 0) is 6.54 Å². The average Bonchev–Trinajstić information content (AvgIpc) is 3.29. The predicted octanol–water partition coefficient (Wildman–Crippen LogP) is 3.37. The van der Waals surface area contributed by atoms with Crippen LogP contribution in [0.5, 0.6) is 0 Å². The van der Waals surface area contributed by atoms with Crippen molar-refractivity contribution in [1.29, 1.82) is 0 Å². The average molecular weight is 310 g/mol. The molecule has 4 rings (SSSR count). The molecule has 1 atom stereocenters. The van der Waals surface area contributed by atoms with Gasteiger partial charge < -0.3 is 9.05 Å². The van der Waals surface area contributed by atoms with Crippen molar-refractivity contribution in [3.8, 4) is 11.4 Å². The fourth-order valence-electron chi connectivity index (χ4n) is 3.09. The molecular weight excluding hydrogens is 292 g/mol. The van der Waals surface area contributed by atoms with E-state index in [1.165, 1.54) is 0 Å². The zero-order valence-corrected chi connectivity index (χ0v) is 13.0. The van der Waals surface area contributed by atoms with E-state index in [1.54, 1.807) is 0 Å². The number of aryl methyl sites for hydroxylation is 1. The van der Waals surface area contributed by atoms with E-state index in [-0.39, 0.29) is 6.04 Å². The van der Waals surface area contributed by atoms with Gasteiger partial charge in [-0.05, 0) is 26.3 Å². The zero-order valence-electron chi connectivity index (χ0n) is 13.0. The molecular formula is C17H18N4O2. The van der Waals surface area contributed by atoms with E-state index < -0.39 is 0 Å². The Morgan fingerprint density at radius 1 is 1.17 bits per heavy atom. The van der Waals surface area contributed by atoms with Gasteiger partial charge in [0.05, 0.1) is 12.6 Å². The van der Waals surface area contributed by atoms with Crippen molar-refractivity contribution in [3.05, 3.63) is 53.7 Å². The summed E-state index contributed by atoms with van der Waals surface area (Å²) < 4.78 is 10.6. The number of aromatic nitrogens is 3. The van der Waals surface area contributed by atoms with Crippen molar-refractivity contribution in [3.63, 3.8) is 0 Å². The van der Waals surface area contributed by atoms with Crippen LogP contribution in [0, 0.1) is 6.92 Å². The largest absolute Gasteiger partial charge is 0.361 e. The highest BCUT2D eigenvalue weighted by atomic mass is 16.5. The number of benzene rings is 1. The molecule has 23 heavy (non-hydrogen) atoms. The van der Waals surface area contributed by atoms with Gasteiger partial charge in [0.1, 0.15) is 11.5 Å². The van der Waals surface area contributed by atoms with Gasteiger partial charge in [0.15, 0.2) is 0 Å². The molecule has 6 heteroatoms. The van der Waals surface area contributed by atoms with Crippen LogP contribution in [0.4, 0.5) is 0 Å². The maximum Gasteiger partial charge on any atom is 0.241 e. The molecule has 1 unspecified atom stereocenters. The molecule has 1 saturated heterocycles. The molecule has 2 aromatic heterocycles. The van der Waals surface area contributed by atoms with Gasteiger partial charge >= 0.3 is 0 Å². The summed E-state index contributed by atoms with van der Waals surface area (Å²) in [5.74, 6) is 2.11. The van der Waals surface area contributed by atoms with Gasteiger partial charge in [0.2, 0.25) is 11.7 Å². The van der Waals surface area contributed by atoms with Crippen molar-refractivity contribution >= 4 is 0 Å². The summed E-state index contributed by atoms with van der Waals surface area (Å²) >= 11 is 0.